The van der Waals surface area contributed by atoms with Crippen LogP contribution in [0.2, 0.25) is 0 Å². The van der Waals surface area contributed by atoms with Crippen LogP contribution in [0.15, 0.2) is 36.9 Å². The van der Waals surface area contributed by atoms with E-state index in [4.69, 9.17) is 9.47 Å². The Morgan fingerprint density at radius 1 is 1.14 bits per heavy atom. The van der Waals surface area contributed by atoms with Gasteiger partial charge in [0.15, 0.2) is 0 Å². The quantitative estimate of drug-likeness (QED) is 0.453. The van der Waals surface area contributed by atoms with Gasteiger partial charge in [-0.3, -0.25) is 0 Å². The molecule has 1 aromatic rings. The zero-order chi connectivity index (χ0) is 16.2. The molecule has 0 aliphatic rings. The molecule has 0 aliphatic heterocycles. The Hall–Kier alpha value is -1.48. The van der Waals surface area contributed by atoms with Crippen molar-refractivity contribution in [3.05, 3.63) is 36.9 Å². The van der Waals surface area contributed by atoms with E-state index in [0.717, 1.165) is 50.0 Å². The van der Waals surface area contributed by atoms with E-state index in [1.807, 2.05) is 30.3 Å². The molecule has 0 unspecified atom stereocenters. The number of benzene rings is 1. The second-order valence-corrected chi connectivity index (χ2v) is 5.62. The van der Waals surface area contributed by atoms with Crippen molar-refractivity contribution in [3.63, 3.8) is 0 Å². The van der Waals surface area contributed by atoms with E-state index < -0.39 is 0 Å². The molecule has 3 nitrogen and oxygen atoms in total. The average molecular weight is 306 g/mol. The van der Waals surface area contributed by atoms with Gasteiger partial charge in [-0.25, -0.2) is 0 Å². The molecular weight excluding hydrogens is 276 g/mol. The minimum Gasteiger partial charge on any atom is -0.497 e. The van der Waals surface area contributed by atoms with E-state index in [2.05, 4.69) is 13.5 Å². The number of unbranched alkanes of at least 4 members (excludes halogenated alkanes) is 1. The molecule has 3 heteroatoms. The standard InChI is InChI=1S/C19H30O3/c1-4-6-7-10-19(20)16(5-2)9-8-15-22-18-13-11-17(21-3)12-14-18/h4,11-14,16,19-20H,1,5-10,15H2,2-3H3/t16-,19-/m1/s1. The summed E-state index contributed by atoms with van der Waals surface area (Å²) in [6.07, 6.45) is 7.55. The third-order valence-corrected chi connectivity index (χ3v) is 4.02. The van der Waals surface area contributed by atoms with Crippen molar-refractivity contribution in [1.82, 2.24) is 0 Å². The fourth-order valence-corrected chi connectivity index (χ4v) is 2.58. The minimum atomic E-state index is -0.203. The van der Waals surface area contributed by atoms with Gasteiger partial charge in [-0.05, 0) is 62.3 Å². The Morgan fingerprint density at radius 3 is 2.41 bits per heavy atom. The lowest BCUT2D eigenvalue weighted by Crippen LogP contribution is -2.20. The van der Waals surface area contributed by atoms with Crippen molar-refractivity contribution < 1.29 is 14.6 Å². The molecule has 0 aliphatic carbocycles. The Morgan fingerprint density at radius 2 is 1.82 bits per heavy atom. The predicted molar refractivity (Wildman–Crippen MR) is 91.6 cm³/mol. The SMILES string of the molecule is C=CCCC[C@@H](O)[C@H](CC)CCCOc1ccc(OC)cc1. The summed E-state index contributed by atoms with van der Waals surface area (Å²) in [5, 5.41) is 10.2. The van der Waals surface area contributed by atoms with Crippen LogP contribution in [0.1, 0.15) is 45.4 Å². The number of aliphatic hydroxyl groups excluding tert-OH is 1. The fourth-order valence-electron chi connectivity index (χ4n) is 2.58. The second kappa shape index (κ2) is 11.1. The molecule has 2 atom stereocenters. The highest BCUT2D eigenvalue weighted by atomic mass is 16.5. The van der Waals surface area contributed by atoms with E-state index in [1.54, 1.807) is 7.11 Å². The summed E-state index contributed by atoms with van der Waals surface area (Å²) in [5.41, 5.74) is 0. The van der Waals surface area contributed by atoms with E-state index in [-0.39, 0.29) is 6.10 Å². The van der Waals surface area contributed by atoms with Gasteiger partial charge in [-0.2, -0.15) is 0 Å². The molecule has 0 fully saturated rings. The number of hydrogen-bond acceptors (Lipinski definition) is 3. The van der Waals surface area contributed by atoms with E-state index in [9.17, 15) is 5.11 Å². The molecule has 0 saturated carbocycles. The first-order chi connectivity index (χ1) is 10.7. The largest absolute Gasteiger partial charge is 0.497 e. The maximum absolute atomic E-state index is 10.2. The van der Waals surface area contributed by atoms with Crippen molar-refractivity contribution in [1.29, 1.82) is 0 Å². The van der Waals surface area contributed by atoms with Crippen molar-refractivity contribution in [3.8, 4) is 11.5 Å². The van der Waals surface area contributed by atoms with Gasteiger partial charge in [0, 0.05) is 0 Å². The molecule has 0 spiro atoms. The van der Waals surface area contributed by atoms with Crippen molar-refractivity contribution in [2.45, 2.75) is 51.6 Å². The molecule has 0 amide bonds. The summed E-state index contributed by atoms with van der Waals surface area (Å²) in [6, 6.07) is 7.63. The van der Waals surface area contributed by atoms with Crippen molar-refractivity contribution >= 4 is 0 Å². The number of rotatable bonds is 12. The van der Waals surface area contributed by atoms with Crippen LogP contribution in [-0.2, 0) is 0 Å². The summed E-state index contributed by atoms with van der Waals surface area (Å²) >= 11 is 0. The maximum Gasteiger partial charge on any atom is 0.119 e. The molecule has 1 aromatic carbocycles. The molecule has 1 rings (SSSR count). The third kappa shape index (κ3) is 6.99. The molecule has 0 bridgehead atoms. The number of allylic oxidation sites excluding steroid dienone is 1. The molecule has 1 N–H and O–H groups in total. The van der Waals surface area contributed by atoms with Gasteiger partial charge in [0.05, 0.1) is 19.8 Å². The average Bonchev–Trinajstić information content (AvgIpc) is 2.55. The van der Waals surface area contributed by atoms with E-state index >= 15 is 0 Å². The van der Waals surface area contributed by atoms with Crippen molar-refractivity contribution in [2.75, 3.05) is 13.7 Å². The summed E-state index contributed by atoms with van der Waals surface area (Å²) in [7, 11) is 1.65. The Kier molecular flexibility index (Phi) is 9.40. The number of aliphatic hydroxyl groups is 1. The van der Waals surface area contributed by atoms with E-state index in [0.29, 0.717) is 12.5 Å². The topological polar surface area (TPSA) is 38.7 Å². The number of methoxy groups -OCH3 is 1. The summed E-state index contributed by atoms with van der Waals surface area (Å²) in [5.74, 6) is 2.06. The van der Waals surface area contributed by atoms with Crippen LogP contribution in [0.5, 0.6) is 11.5 Å². The molecular formula is C19H30O3. The number of ether oxygens (including phenoxy) is 2. The van der Waals surface area contributed by atoms with Crippen LogP contribution in [0, 0.1) is 5.92 Å². The summed E-state index contributed by atoms with van der Waals surface area (Å²) < 4.78 is 10.8. The molecule has 124 valence electrons. The van der Waals surface area contributed by atoms with Gasteiger partial charge in [-0.1, -0.05) is 19.4 Å². The van der Waals surface area contributed by atoms with Crippen LogP contribution in [-0.4, -0.2) is 24.9 Å². The molecule has 22 heavy (non-hydrogen) atoms. The van der Waals surface area contributed by atoms with Gasteiger partial charge >= 0.3 is 0 Å². The van der Waals surface area contributed by atoms with Gasteiger partial charge in [0.25, 0.3) is 0 Å². The number of hydrogen-bond donors (Lipinski definition) is 1. The van der Waals surface area contributed by atoms with Crippen LogP contribution in [0.25, 0.3) is 0 Å². The highest BCUT2D eigenvalue weighted by Crippen LogP contribution is 2.21. The van der Waals surface area contributed by atoms with Gasteiger partial charge in [-0.15, -0.1) is 6.58 Å². The first-order valence-corrected chi connectivity index (χ1v) is 8.27. The Labute approximate surface area is 135 Å². The van der Waals surface area contributed by atoms with Gasteiger partial charge in [0.2, 0.25) is 0 Å². The van der Waals surface area contributed by atoms with E-state index in [1.165, 1.54) is 0 Å². The molecule has 0 saturated heterocycles. The maximum atomic E-state index is 10.2. The molecule has 0 radical (unpaired) electrons. The first kappa shape index (κ1) is 18.6. The van der Waals surface area contributed by atoms with Gasteiger partial charge < -0.3 is 14.6 Å². The van der Waals surface area contributed by atoms with Crippen LogP contribution >= 0.6 is 0 Å². The van der Waals surface area contributed by atoms with Gasteiger partial charge in [0.1, 0.15) is 11.5 Å². The fraction of sp³-hybridized carbons (Fsp3) is 0.579. The lowest BCUT2D eigenvalue weighted by molar-refractivity contribution is 0.0860. The second-order valence-electron chi connectivity index (χ2n) is 5.62. The normalized spacial score (nSPS) is 13.4. The summed E-state index contributed by atoms with van der Waals surface area (Å²) in [6.45, 7) is 6.54. The zero-order valence-electron chi connectivity index (χ0n) is 14.0. The van der Waals surface area contributed by atoms with Crippen LogP contribution < -0.4 is 9.47 Å². The first-order valence-electron chi connectivity index (χ1n) is 8.27. The van der Waals surface area contributed by atoms with Crippen LogP contribution in [0.4, 0.5) is 0 Å². The highest BCUT2D eigenvalue weighted by Gasteiger charge is 2.16. The zero-order valence-corrected chi connectivity index (χ0v) is 14.0. The van der Waals surface area contributed by atoms with Crippen molar-refractivity contribution in [2.24, 2.45) is 5.92 Å². The monoisotopic (exact) mass is 306 g/mol. The molecule has 0 aromatic heterocycles. The lowest BCUT2D eigenvalue weighted by Gasteiger charge is -2.21. The Bertz CT molecular complexity index is 400. The minimum absolute atomic E-state index is 0.203. The predicted octanol–water partition coefficient (Wildman–Crippen LogP) is 4.60. The lowest BCUT2D eigenvalue weighted by atomic mass is 9.91. The Balaban J connectivity index is 2.23. The summed E-state index contributed by atoms with van der Waals surface area (Å²) in [4.78, 5) is 0. The smallest absolute Gasteiger partial charge is 0.119 e. The third-order valence-electron chi connectivity index (χ3n) is 4.02. The molecule has 0 heterocycles. The van der Waals surface area contributed by atoms with Crippen LogP contribution in [0.3, 0.4) is 0 Å². The highest BCUT2D eigenvalue weighted by molar-refractivity contribution is 5.31.